The number of nitrogens with zero attached hydrogens (tertiary/aromatic N) is 1. The van der Waals surface area contributed by atoms with Gasteiger partial charge >= 0.3 is 6.18 Å². The van der Waals surface area contributed by atoms with E-state index in [-0.39, 0.29) is 0 Å². The molecule has 0 spiro atoms. The van der Waals surface area contributed by atoms with Gasteiger partial charge in [-0.15, -0.1) is 0 Å². The first kappa shape index (κ1) is 12.8. The summed E-state index contributed by atoms with van der Waals surface area (Å²) in [6, 6.07) is 9.54. The van der Waals surface area contributed by atoms with Crippen molar-refractivity contribution < 1.29 is 13.2 Å². The Labute approximate surface area is 93.1 Å². The van der Waals surface area contributed by atoms with Gasteiger partial charge in [-0.25, -0.2) is 0 Å². The molecular weight excluding hydrogens is 217 g/mol. The zero-order valence-corrected chi connectivity index (χ0v) is 9.09. The van der Waals surface area contributed by atoms with Crippen LogP contribution in [0, 0.1) is 0 Å². The molecule has 0 aliphatic rings. The highest BCUT2D eigenvalue weighted by atomic mass is 19.4. The number of hydrogen-bond donors (Lipinski definition) is 1. The number of likely N-dealkylation sites (N-methyl/N-ethyl adjacent to an activating group) is 1. The molecule has 16 heavy (non-hydrogen) atoms. The van der Waals surface area contributed by atoms with E-state index in [1.165, 1.54) is 0 Å². The summed E-state index contributed by atoms with van der Waals surface area (Å²) in [6.45, 7) is -0.0827. The largest absolute Gasteiger partial charge is 0.401 e. The molecule has 1 aromatic rings. The summed E-state index contributed by atoms with van der Waals surface area (Å²) in [6.07, 6.45) is -4.13. The second-order valence-electron chi connectivity index (χ2n) is 3.55. The van der Waals surface area contributed by atoms with E-state index in [1.54, 1.807) is 0 Å². The first-order valence-corrected chi connectivity index (χ1v) is 5.03. The van der Waals surface area contributed by atoms with Gasteiger partial charge < -0.3 is 10.2 Å². The Morgan fingerprint density at radius 3 is 2.38 bits per heavy atom. The second kappa shape index (κ2) is 5.75. The van der Waals surface area contributed by atoms with Crippen molar-refractivity contribution in [3.05, 3.63) is 30.3 Å². The highest BCUT2D eigenvalue weighted by Crippen LogP contribution is 2.12. The van der Waals surface area contributed by atoms with Gasteiger partial charge in [0.25, 0.3) is 0 Å². The van der Waals surface area contributed by atoms with Crippen LogP contribution in [0.4, 0.5) is 18.9 Å². The average molecular weight is 232 g/mol. The van der Waals surface area contributed by atoms with E-state index in [0.29, 0.717) is 13.1 Å². The van der Waals surface area contributed by atoms with Crippen LogP contribution in [-0.2, 0) is 0 Å². The maximum absolute atomic E-state index is 11.8. The molecule has 0 bridgehead atoms. The van der Waals surface area contributed by atoms with Crippen LogP contribution in [0.15, 0.2) is 30.3 Å². The molecule has 0 saturated carbocycles. The third-order valence-corrected chi connectivity index (χ3v) is 2.15. The van der Waals surface area contributed by atoms with Crippen molar-refractivity contribution in [1.29, 1.82) is 0 Å². The first-order chi connectivity index (χ1) is 7.49. The Morgan fingerprint density at radius 2 is 1.81 bits per heavy atom. The molecule has 0 radical (unpaired) electrons. The lowest BCUT2D eigenvalue weighted by Gasteiger charge is -2.19. The SMILES string of the molecule is CN(CCNCC(F)(F)F)c1ccccc1. The second-order valence-corrected chi connectivity index (χ2v) is 3.55. The van der Waals surface area contributed by atoms with Gasteiger partial charge in [0.2, 0.25) is 0 Å². The summed E-state index contributed by atoms with van der Waals surface area (Å²) < 4.78 is 35.5. The summed E-state index contributed by atoms with van der Waals surface area (Å²) in [5, 5.41) is 2.36. The van der Waals surface area contributed by atoms with Crippen LogP contribution in [0.5, 0.6) is 0 Å². The van der Waals surface area contributed by atoms with E-state index in [1.807, 2.05) is 42.3 Å². The molecule has 0 aliphatic carbocycles. The third-order valence-electron chi connectivity index (χ3n) is 2.15. The lowest BCUT2D eigenvalue weighted by atomic mass is 10.3. The predicted molar refractivity (Wildman–Crippen MR) is 58.6 cm³/mol. The zero-order chi connectivity index (χ0) is 12.0. The van der Waals surface area contributed by atoms with Crippen molar-refractivity contribution >= 4 is 5.69 Å². The molecule has 0 fully saturated rings. The first-order valence-electron chi connectivity index (χ1n) is 5.03. The predicted octanol–water partition coefficient (Wildman–Crippen LogP) is 2.27. The van der Waals surface area contributed by atoms with Crippen LogP contribution >= 0.6 is 0 Å². The fourth-order valence-electron chi connectivity index (χ4n) is 1.29. The van der Waals surface area contributed by atoms with Crippen LogP contribution in [0.2, 0.25) is 0 Å². The van der Waals surface area contributed by atoms with Gasteiger partial charge in [-0.1, -0.05) is 18.2 Å². The van der Waals surface area contributed by atoms with E-state index >= 15 is 0 Å². The van der Waals surface area contributed by atoms with Crippen LogP contribution < -0.4 is 10.2 Å². The van der Waals surface area contributed by atoms with Crippen LogP contribution in [-0.4, -0.2) is 32.9 Å². The minimum Gasteiger partial charge on any atom is -0.373 e. The van der Waals surface area contributed by atoms with Crippen LogP contribution in [0.1, 0.15) is 0 Å². The monoisotopic (exact) mass is 232 g/mol. The summed E-state index contributed by atoms with van der Waals surface area (Å²) in [4.78, 5) is 1.91. The highest BCUT2D eigenvalue weighted by Gasteiger charge is 2.25. The Kier molecular flexibility index (Phi) is 4.61. The molecule has 1 N–H and O–H groups in total. The maximum Gasteiger partial charge on any atom is 0.401 e. The summed E-state index contributed by atoms with van der Waals surface area (Å²) in [5.41, 5.74) is 0.997. The topological polar surface area (TPSA) is 15.3 Å². The van der Waals surface area contributed by atoms with Crippen molar-refractivity contribution in [3.8, 4) is 0 Å². The minimum atomic E-state index is -4.13. The molecule has 0 saturated heterocycles. The fourth-order valence-corrected chi connectivity index (χ4v) is 1.29. The quantitative estimate of drug-likeness (QED) is 0.783. The maximum atomic E-state index is 11.8. The van der Waals surface area contributed by atoms with Gasteiger partial charge in [0.05, 0.1) is 6.54 Å². The Bertz CT molecular complexity index is 298. The molecule has 0 aromatic heterocycles. The molecule has 0 heterocycles. The molecule has 2 nitrogen and oxygen atoms in total. The molecule has 1 aromatic carbocycles. The number of halogens is 3. The minimum absolute atomic E-state index is 0.310. The van der Waals surface area contributed by atoms with E-state index < -0.39 is 12.7 Å². The standard InChI is InChI=1S/C11H15F3N2/c1-16(10-5-3-2-4-6-10)8-7-15-9-11(12,13)14/h2-6,15H,7-9H2,1H3. The Morgan fingerprint density at radius 1 is 1.19 bits per heavy atom. The number of benzene rings is 1. The highest BCUT2D eigenvalue weighted by molar-refractivity contribution is 5.44. The Hall–Kier alpha value is -1.23. The van der Waals surface area contributed by atoms with Crippen molar-refractivity contribution in [3.63, 3.8) is 0 Å². The molecule has 0 aliphatic heterocycles. The fraction of sp³-hybridized carbons (Fsp3) is 0.455. The number of rotatable bonds is 5. The number of para-hydroxylation sites is 1. The van der Waals surface area contributed by atoms with Crippen LogP contribution in [0.25, 0.3) is 0 Å². The van der Waals surface area contributed by atoms with Gasteiger partial charge in [0, 0.05) is 25.8 Å². The zero-order valence-electron chi connectivity index (χ0n) is 9.09. The molecule has 90 valence electrons. The van der Waals surface area contributed by atoms with E-state index in [9.17, 15) is 13.2 Å². The average Bonchev–Trinajstić information content (AvgIpc) is 2.24. The van der Waals surface area contributed by atoms with E-state index in [2.05, 4.69) is 5.32 Å². The van der Waals surface area contributed by atoms with Crippen molar-refractivity contribution in [2.24, 2.45) is 0 Å². The summed E-state index contributed by atoms with van der Waals surface area (Å²) in [7, 11) is 1.85. The van der Waals surface area contributed by atoms with Crippen molar-refractivity contribution in [2.75, 3.05) is 31.6 Å². The number of alkyl halides is 3. The van der Waals surface area contributed by atoms with Crippen LogP contribution in [0.3, 0.4) is 0 Å². The van der Waals surface area contributed by atoms with Gasteiger partial charge in [-0.2, -0.15) is 13.2 Å². The van der Waals surface area contributed by atoms with Crippen molar-refractivity contribution in [1.82, 2.24) is 5.32 Å². The molecule has 0 unspecified atom stereocenters. The lowest BCUT2D eigenvalue weighted by Crippen LogP contribution is -2.35. The van der Waals surface area contributed by atoms with Gasteiger partial charge in [-0.3, -0.25) is 0 Å². The molecule has 5 heteroatoms. The number of hydrogen-bond acceptors (Lipinski definition) is 2. The Balaban J connectivity index is 2.24. The van der Waals surface area contributed by atoms with Crippen molar-refractivity contribution in [2.45, 2.75) is 6.18 Å². The normalized spacial score (nSPS) is 11.5. The molecule has 0 atom stereocenters. The number of anilines is 1. The summed E-state index contributed by atoms with van der Waals surface area (Å²) >= 11 is 0. The smallest absolute Gasteiger partial charge is 0.373 e. The van der Waals surface area contributed by atoms with Gasteiger partial charge in [0.15, 0.2) is 0 Å². The van der Waals surface area contributed by atoms with Gasteiger partial charge in [-0.05, 0) is 12.1 Å². The molecular formula is C11H15F3N2. The van der Waals surface area contributed by atoms with E-state index in [4.69, 9.17) is 0 Å². The molecule has 1 rings (SSSR count). The molecule has 0 amide bonds. The third kappa shape index (κ3) is 5.02. The lowest BCUT2D eigenvalue weighted by molar-refractivity contribution is -0.124. The number of nitrogens with one attached hydrogen (secondary N) is 1. The van der Waals surface area contributed by atoms with E-state index in [0.717, 1.165) is 5.69 Å². The summed E-state index contributed by atoms with van der Waals surface area (Å²) in [5.74, 6) is 0. The van der Waals surface area contributed by atoms with Gasteiger partial charge in [0.1, 0.15) is 0 Å².